The molecule has 0 aliphatic heterocycles. The number of carbonyl (C=O) groups is 1. The van der Waals surface area contributed by atoms with Gasteiger partial charge in [0.25, 0.3) is 5.91 Å². The number of aromatic nitrogens is 2. The molecule has 2 aromatic rings. The van der Waals surface area contributed by atoms with Crippen molar-refractivity contribution in [3.8, 4) is 0 Å². The van der Waals surface area contributed by atoms with E-state index >= 15 is 0 Å². The van der Waals surface area contributed by atoms with Gasteiger partial charge in [-0.2, -0.15) is 0 Å². The molecule has 0 spiro atoms. The molecular formula is C15H17ClN4O. The van der Waals surface area contributed by atoms with E-state index in [1.807, 2.05) is 20.8 Å². The highest BCUT2D eigenvalue weighted by atomic mass is 35.5. The maximum atomic E-state index is 12.0. The Balaban J connectivity index is 2.05. The molecule has 0 saturated carbocycles. The van der Waals surface area contributed by atoms with Gasteiger partial charge in [0.2, 0.25) is 0 Å². The maximum absolute atomic E-state index is 12.0. The summed E-state index contributed by atoms with van der Waals surface area (Å²) in [4.78, 5) is 12.0. The summed E-state index contributed by atoms with van der Waals surface area (Å²) in [5.74, 6) is 0.769. The maximum Gasteiger partial charge on any atom is 0.256 e. The van der Waals surface area contributed by atoms with Gasteiger partial charge in [-0.15, -0.1) is 10.2 Å². The van der Waals surface area contributed by atoms with Crippen LogP contribution in [0.3, 0.4) is 0 Å². The normalized spacial score (nSPS) is 11.0. The molecule has 0 atom stereocenters. The Morgan fingerprint density at radius 2 is 1.76 bits per heavy atom. The molecule has 0 fully saturated rings. The second-order valence-electron chi connectivity index (χ2n) is 5.64. The number of rotatable bonds is 3. The monoisotopic (exact) mass is 304 g/mol. The van der Waals surface area contributed by atoms with Crippen LogP contribution in [0.25, 0.3) is 0 Å². The Hall–Kier alpha value is -2.14. The van der Waals surface area contributed by atoms with Crippen molar-refractivity contribution in [2.24, 2.45) is 0 Å². The SMILES string of the molecule is CC(C)(C)Nc1ccc(NC(=O)c2cccc(Cl)c2)nn1. The summed E-state index contributed by atoms with van der Waals surface area (Å²) in [6.45, 7) is 6.09. The second-order valence-corrected chi connectivity index (χ2v) is 6.08. The zero-order chi connectivity index (χ0) is 15.5. The van der Waals surface area contributed by atoms with Crippen LogP contribution in [-0.2, 0) is 0 Å². The van der Waals surface area contributed by atoms with Gasteiger partial charge in [-0.25, -0.2) is 0 Å². The van der Waals surface area contributed by atoms with Crippen LogP contribution >= 0.6 is 11.6 Å². The first-order valence-corrected chi connectivity index (χ1v) is 6.90. The van der Waals surface area contributed by atoms with Crippen molar-refractivity contribution in [2.75, 3.05) is 10.6 Å². The summed E-state index contributed by atoms with van der Waals surface area (Å²) in [6, 6.07) is 10.2. The van der Waals surface area contributed by atoms with Gasteiger partial charge in [0.15, 0.2) is 5.82 Å². The van der Waals surface area contributed by atoms with Gasteiger partial charge < -0.3 is 10.6 Å². The highest BCUT2D eigenvalue weighted by Crippen LogP contribution is 2.14. The molecule has 2 N–H and O–H groups in total. The lowest BCUT2D eigenvalue weighted by atomic mass is 10.1. The van der Waals surface area contributed by atoms with E-state index in [0.29, 0.717) is 22.2 Å². The van der Waals surface area contributed by atoms with E-state index in [4.69, 9.17) is 11.6 Å². The van der Waals surface area contributed by atoms with E-state index < -0.39 is 0 Å². The number of nitrogens with zero attached hydrogens (tertiary/aromatic N) is 2. The lowest BCUT2D eigenvalue weighted by Gasteiger charge is -2.20. The molecule has 5 nitrogen and oxygen atoms in total. The van der Waals surface area contributed by atoms with Crippen LogP contribution in [0.1, 0.15) is 31.1 Å². The molecule has 0 saturated heterocycles. The van der Waals surface area contributed by atoms with Gasteiger partial charge in [-0.3, -0.25) is 4.79 Å². The van der Waals surface area contributed by atoms with Crippen LogP contribution < -0.4 is 10.6 Å². The van der Waals surface area contributed by atoms with Gasteiger partial charge in [0.05, 0.1) is 0 Å². The van der Waals surface area contributed by atoms with Crippen molar-refractivity contribution >= 4 is 29.1 Å². The Labute approximate surface area is 128 Å². The topological polar surface area (TPSA) is 66.9 Å². The van der Waals surface area contributed by atoms with Gasteiger partial charge in [-0.1, -0.05) is 17.7 Å². The summed E-state index contributed by atoms with van der Waals surface area (Å²) in [6.07, 6.45) is 0. The van der Waals surface area contributed by atoms with Gasteiger partial charge in [-0.05, 0) is 51.1 Å². The Morgan fingerprint density at radius 3 is 2.33 bits per heavy atom. The molecule has 1 aromatic heterocycles. The lowest BCUT2D eigenvalue weighted by molar-refractivity contribution is 0.102. The third kappa shape index (κ3) is 4.72. The second kappa shape index (κ2) is 6.10. The first-order valence-electron chi connectivity index (χ1n) is 6.52. The summed E-state index contributed by atoms with van der Waals surface area (Å²) in [5.41, 5.74) is 0.376. The van der Waals surface area contributed by atoms with Crippen molar-refractivity contribution in [2.45, 2.75) is 26.3 Å². The average Bonchev–Trinajstić information content (AvgIpc) is 2.39. The van der Waals surface area contributed by atoms with Crippen molar-refractivity contribution in [3.05, 3.63) is 47.0 Å². The third-order valence-electron chi connectivity index (χ3n) is 2.50. The van der Waals surface area contributed by atoms with Crippen LogP contribution in [0.2, 0.25) is 5.02 Å². The van der Waals surface area contributed by atoms with E-state index in [1.54, 1.807) is 36.4 Å². The van der Waals surface area contributed by atoms with E-state index in [-0.39, 0.29) is 11.4 Å². The zero-order valence-corrected chi connectivity index (χ0v) is 12.9. The number of carbonyl (C=O) groups excluding carboxylic acids is 1. The predicted octanol–water partition coefficient (Wildman–Crippen LogP) is 3.59. The van der Waals surface area contributed by atoms with Crippen molar-refractivity contribution in [1.29, 1.82) is 0 Å². The standard InChI is InChI=1S/C15H17ClN4O/c1-15(2,3)18-13-8-7-12(19-20-13)17-14(21)10-5-4-6-11(16)9-10/h4-9H,1-3H3,(H,18,20)(H,17,19,21). The van der Waals surface area contributed by atoms with E-state index in [0.717, 1.165) is 0 Å². The molecule has 0 bridgehead atoms. The highest BCUT2D eigenvalue weighted by Gasteiger charge is 2.11. The Bertz CT molecular complexity index is 635. The van der Waals surface area contributed by atoms with Gasteiger partial charge >= 0.3 is 0 Å². The van der Waals surface area contributed by atoms with E-state index in [2.05, 4.69) is 20.8 Å². The summed E-state index contributed by atoms with van der Waals surface area (Å²) in [7, 11) is 0. The van der Waals surface area contributed by atoms with Crippen molar-refractivity contribution < 1.29 is 4.79 Å². The fraction of sp³-hybridized carbons (Fsp3) is 0.267. The molecule has 0 aliphatic carbocycles. The average molecular weight is 305 g/mol. The van der Waals surface area contributed by atoms with Crippen LogP contribution in [0.15, 0.2) is 36.4 Å². The number of benzene rings is 1. The summed E-state index contributed by atoms with van der Waals surface area (Å²) < 4.78 is 0. The van der Waals surface area contributed by atoms with Crippen LogP contribution in [0.4, 0.5) is 11.6 Å². The number of amides is 1. The molecule has 6 heteroatoms. The minimum atomic E-state index is -0.275. The third-order valence-corrected chi connectivity index (χ3v) is 2.73. The first kappa shape index (κ1) is 15.3. The molecule has 21 heavy (non-hydrogen) atoms. The van der Waals surface area contributed by atoms with Crippen molar-refractivity contribution in [1.82, 2.24) is 10.2 Å². The number of nitrogens with one attached hydrogen (secondary N) is 2. The highest BCUT2D eigenvalue weighted by molar-refractivity contribution is 6.31. The number of halogens is 1. The predicted molar refractivity (Wildman–Crippen MR) is 84.8 cm³/mol. The number of hydrogen-bond acceptors (Lipinski definition) is 4. The van der Waals surface area contributed by atoms with Gasteiger partial charge in [0.1, 0.15) is 5.82 Å². The summed E-state index contributed by atoms with van der Waals surface area (Å²) in [5, 5.41) is 14.4. The van der Waals surface area contributed by atoms with Crippen LogP contribution in [-0.4, -0.2) is 21.6 Å². The van der Waals surface area contributed by atoms with Crippen molar-refractivity contribution in [3.63, 3.8) is 0 Å². The molecule has 0 radical (unpaired) electrons. The Morgan fingerprint density at radius 1 is 1.10 bits per heavy atom. The molecule has 1 heterocycles. The largest absolute Gasteiger partial charge is 0.364 e. The van der Waals surface area contributed by atoms with Crippen LogP contribution in [0, 0.1) is 0 Å². The minimum absolute atomic E-state index is 0.0970. The van der Waals surface area contributed by atoms with Gasteiger partial charge in [0, 0.05) is 16.1 Å². The lowest BCUT2D eigenvalue weighted by Crippen LogP contribution is -2.26. The van der Waals surface area contributed by atoms with E-state index in [1.165, 1.54) is 0 Å². The fourth-order valence-corrected chi connectivity index (χ4v) is 1.86. The fourth-order valence-electron chi connectivity index (χ4n) is 1.67. The smallest absolute Gasteiger partial charge is 0.256 e. The van der Waals surface area contributed by atoms with Crippen LogP contribution in [0.5, 0.6) is 0 Å². The molecule has 0 aliphatic rings. The molecule has 2 rings (SSSR count). The molecule has 0 unspecified atom stereocenters. The minimum Gasteiger partial charge on any atom is -0.364 e. The molecule has 1 aromatic carbocycles. The quantitative estimate of drug-likeness (QED) is 0.909. The number of anilines is 2. The first-order chi connectivity index (χ1) is 9.83. The molecule has 110 valence electrons. The number of hydrogen-bond donors (Lipinski definition) is 2. The summed E-state index contributed by atoms with van der Waals surface area (Å²) >= 11 is 5.86. The van der Waals surface area contributed by atoms with E-state index in [9.17, 15) is 4.79 Å². The zero-order valence-electron chi connectivity index (χ0n) is 12.1. The Kier molecular flexibility index (Phi) is 4.43. The molecular weight excluding hydrogens is 288 g/mol. The molecule has 1 amide bonds.